The summed E-state index contributed by atoms with van der Waals surface area (Å²) in [5, 5.41) is 0.606. The molecule has 2 atom stereocenters. The first-order valence-electron chi connectivity index (χ1n) is 7.36. The van der Waals surface area contributed by atoms with Crippen LogP contribution in [0.5, 0.6) is 0 Å². The van der Waals surface area contributed by atoms with Crippen LogP contribution in [0, 0.1) is 9.49 Å². The lowest BCUT2D eigenvalue weighted by Gasteiger charge is -2.28. The first kappa shape index (κ1) is 15.3. The molecule has 1 saturated heterocycles. The summed E-state index contributed by atoms with van der Waals surface area (Å²) in [5.41, 5.74) is 0.623. The van der Waals surface area contributed by atoms with Crippen molar-refractivity contribution in [1.82, 2.24) is 4.90 Å². The number of hydrogen-bond acceptors (Lipinski definition) is 2. The molecule has 21 heavy (non-hydrogen) atoms. The number of hydrogen-bond donors (Lipinski definition) is 0. The van der Waals surface area contributed by atoms with Gasteiger partial charge in [-0.15, -0.1) is 0 Å². The molecule has 0 bridgehead atoms. The van der Waals surface area contributed by atoms with E-state index in [9.17, 15) is 9.59 Å². The molecule has 1 heterocycles. The van der Waals surface area contributed by atoms with Gasteiger partial charge in [-0.2, -0.15) is 0 Å². The van der Waals surface area contributed by atoms with Crippen LogP contribution in [0.3, 0.4) is 0 Å². The molecule has 1 aromatic carbocycles. The molecule has 5 heteroatoms. The van der Waals surface area contributed by atoms with Gasteiger partial charge < -0.3 is 4.90 Å². The molecule has 2 fully saturated rings. The van der Waals surface area contributed by atoms with E-state index in [2.05, 4.69) is 22.6 Å². The minimum absolute atomic E-state index is 0.00972. The summed E-state index contributed by atoms with van der Waals surface area (Å²) in [6.07, 6.45) is 4.51. The molecular weight excluding hydrogens is 401 g/mol. The fraction of sp³-hybridized carbons (Fsp3) is 0.500. The van der Waals surface area contributed by atoms with E-state index in [1.807, 2.05) is 17.0 Å². The zero-order chi connectivity index (χ0) is 15.0. The molecule has 2 unspecified atom stereocenters. The van der Waals surface area contributed by atoms with Crippen molar-refractivity contribution in [3.05, 3.63) is 32.4 Å². The number of benzene rings is 1. The number of halogens is 2. The van der Waals surface area contributed by atoms with E-state index >= 15 is 0 Å². The summed E-state index contributed by atoms with van der Waals surface area (Å²) in [5.74, 6) is 0.395. The maximum Gasteiger partial charge on any atom is 0.254 e. The van der Waals surface area contributed by atoms with Crippen LogP contribution in [0.15, 0.2) is 18.2 Å². The lowest BCUT2D eigenvalue weighted by molar-refractivity contribution is -0.121. The van der Waals surface area contributed by atoms with Gasteiger partial charge in [0.05, 0.1) is 5.02 Å². The average molecular weight is 418 g/mol. The smallest absolute Gasteiger partial charge is 0.254 e. The highest BCUT2D eigenvalue weighted by Crippen LogP contribution is 2.34. The predicted octanol–water partition coefficient (Wildman–Crippen LogP) is 3.92. The molecule has 0 aromatic heterocycles. The van der Waals surface area contributed by atoms with Crippen molar-refractivity contribution >= 4 is 45.9 Å². The lowest BCUT2D eigenvalue weighted by atomic mass is 9.94. The van der Waals surface area contributed by atoms with Gasteiger partial charge in [-0.05, 0) is 66.5 Å². The van der Waals surface area contributed by atoms with E-state index in [0.717, 1.165) is 35.8 Å². The number of likely N-dealkylation sites (tertiary alicyclic amines) is 1. The minimum Gasteiger partial charge on any atom is -0.335 e. The maximum absolute atomic E-state index is 12.7. The molecule has 0 spiro atoms. The van der Waals surface area contributed by atoms with Gasteiger partial charge in [0, 0.05) is 34.1 Å². The molecule has 1 aliphatic heterocycles. The summed E-state index contributed by atoms with van der Waals surface area (Å²) >= 11 is 8.27. The molecule has 3 nitrogen and oxygen atoms in total. The van der Waals surface area contributed by atoms with Crippen LogP contribution in [-0.4, -0.2) is 29.2 Å². The highest BCUT2D eigenvalue weighted by atomic mass is 127. The number of Topliss-reactive ketones (excluding diaryl/α,β-unsaturated/α-hetero) is 1. The largest absolute Gasteiger partial charge is 0.335 e. The molecule has 1 aromatic rings. The molecule has 0 N–H and O–H groups in total. The van der Waals surface area contributed by atoms with Crippen LogP contribution in [0.4, 0.5) is 0 Å². The Balaban J connectivity index is 1.82. The molecule has 2 aliphatic rings. The van der Waals surface area contributed by atoms with E-state index in [4.69, 9.17) is 11.6 Å². The van der Waals surface area contributed by atoms with Crippen LogP contribution in [0.25, 0.3) is 0 Å². The fourth-order valence-corrected chi connectivity index (χ4v) is 4.02. The second-order valence-corrected chi connectivity index (χ2v) is 7.37. The summed E-state index contributed by atoms with van der Waals surface area (Å²) in [4.78, 5) is 26.6. The number of carbonyl (C=O) groups is 2. The Morgan fingerprint density at radius 3 is 2.76 bits per heavy atom. The standard InChI is InChI=1S/C16H17ClINO2/c17-12-9-10(6-7-13(12)18)16(21)19-8-2-4-14(19)11-3-1-5-15(11)20/h6-7,9,11,14H,1-5,8H2. The third kappa shape index (κ3) is 2.97. The molecule has 0 radical (unpaired) electrons. The normalized spacial score (nSPS) is 25.6. The van der Waals surface area contributed by atoms with Gasteiger partial charge in [-0.25, -0.2) is 0 Å². The first-order chi connectivity index (χ1) is 10.1. The van der Waals surface area contributed by atoms with Crippen molar-refractivity contribution in [2.45, 2.75) is 38.1 Å². The highest BCUT2D eigenvalue weighted by Gasteiger charge is 2.40. The van der Waals surface area contributed by atoms with Gasteiger partial charge in [-0.3, -0.25) is 9.59 Å². The van der Waals surface area contributed by atoms with Gasteiger partial charge in [0.15, 0.2) is 0 Å². The topological polar surface area (TPSA) is 37.4 Å². The first-order valence-corrected chi connectivity index (χ1v) is 8.82. The number of carbonyl (C=O) groups excluding carboxylic acids is 2. The second kappa shape index (κ2) is 6.24. The highest BCUT2D eigenvalue weighted by molar-refractivity contribution is 14.1. The Morgan fingerprint density at radius 2 is 2.10 bits per heavy atom. The van der Waals surface area contributed by atoms with Gasteiger partial charge in [-0.1, -0.05) is 11.6 Å². The van der Waals surface area contributed by atoms with Crippen LogP contribution < -0.4 is 0 Å². The SMILES string of the molecule is O=C1CCCC1C1CCCN1C(=O)c1ccc(I)c(Cl)c1. The van der Waals surface area contributed by atoms with Crippen molar-refractivity contribution in [1.29, 1.82) is 0 Å². The van der Waals surface area contributed by atoms with Crippen LogP contribution in [0.2, 0.25) is 5.02 Å². The fourth-order valence-electron chi connectivity index (χ4n) is 3.51. The van der Waals surface area contributed by atoms with Crippen molar-refractivity contribution in [3.63, 3.8) is 0 Å². The maximum atomic E-state index is 12.7. The summed E-state index contributed by atoms with van der Waals surface area (Å²) in [7, 11) is 0. The third-order valence-electron chi connectivity index (χ3n) is 4.54. The van der Waals surface area contributed by atoms with E-state index in [1.165, 1.54) is 0 Å². The molecular formula is C16H17ClINO2. The third-order valence-corrected chi connectivity index (χ3v) is 6.12. The lowest BCUT2D eigenvalue weighted by Crippen LogP contribution is -2.41. The quantitative estimate of drug-likeness (QED) is 0.684. The summed E-state index contributed by atoms with van der Waals surface area (Å²) in [6.45, 7) is 0.747. The van der Waals surface area contributed by atoms with Gasteiger partial charge in [0.25, 0.3) is 5.91 Å². The van der Waals surface area contributed by atoms with Gasteiger partial charge >= 0.3 is 0 Å². The van der Waals surface area contributed by atoms with E-state index in [1.54, 1.807) is 6.07 Å². The van der Waals surface area contributed by atoms with E-state index in [0.29, 0.717) is 22.8 Å². The Morgan fingerprint density at radius 1 is 1.29 bits per heavy atom. The Hall–Kier alpha value is -0.620. The number of rotatable bonds is 2. The number of amides is 1. The van der Waals surface area contributed by atoms with Crippen molar-refractivity contribution in [2.75, 3.05) is 6.54 Å². The van der Waals surface area contributed by atoms with Crippen molar-refractivity contribution in [3.8, 4) is 0 Å². The number of ketones is 1. The molecule has 1 saturated carbocycles. The average Bonchev–Trinajstić information content (AvgIpc) is 3.09. The molecule has 112 valence electrons. The van der Waals surface area contributed by atoms with E-state index in [-0.39, 0.29) is 17.9 Å². The number of nitrogens with zero attached hydrogens (tertiary/aromatic N) is 1. The minimum atomic E-state index is 0.00972. The van der Waals surface area contributed by atoms with Gasteiger partial charge in [0.1, 0.15) is 5.78 Å². The zero-order valence-corrected chi connectivity index (χ0v) is 14.6. The summed E-state index contributed by atoms with van der Waals surface area (Å²) in [6, 6.07) is 5.51. The van der Waals surface area contributed by atoms with Crippen molar-refractivity contribution < 1.29 is 9.59 Å². The van der Waals surface area contributed by atoms with Crippen molar-refractivity contribution in [2.24, 2.45) is 5.92 Å². The molecule has 1 aliphatic carbocycles. The monoisotopic (exact) mass is 417 g/mol. The van der Waals surface area contributed by atoms with Crippen LogP contribution >= 0.6 is 34.2 Å². The van der Waals surface area contributed by atoms with Gasteiger partial charge in [0.2, 0.25) is 0 Å². The summed E-state index contributed by atoms with van der Waals surface area (Å²) < 4.78 is 0.940. The predicted molar refractivity (Wildman–Crippen MR) is 90.6 cm³/mol. The Bertz CT molecular complexity index is 590. The second-order valence-electron chi connectivity index (χ2n) is 5.80. The Labute approximate surface area is 143 Å². The zero-order valence-electron chi connectivity index (χ0n) is 11.6. The van der Waals surface area contributed by atoms with Crippen LogP contribution in [0.1, 0.15) is 42.5 Å². The van der Waals surface area contributed by atoms with E-state index < -0.39 is 0 Å². The Kier molecular flexibility index (Phi) is 4.54. The molecule has 1 amide bonds. The van der Waals surface area contributed by atoms with Crippen LogP contribution in [-0.2, 0) is 4.79 Å². The molecule has 3 rings (SSSR count).